The molecule has 114 valence electrons. The van der Waals surface area contributed by atoms with Gasteiger partial charge in [0.2, 0.25) is 0 Å². The van der Waals surface area contributed by atoms with Gasteiger partial charge in [-0.1, -0.05) is 6.92 Å². The second-order valence-electron chi connectivity index (χ2n) is 6.46. The second-order valence-corrected chi connectivity index (χ2v) is 6.46. The molecule has 20 heavy (non-hydrogen) atoms. The maximum atomic E-state index is 12.4. The SMILES string of the molecule is CCCN(C(=O)NC1C2CCC(C2)C1C(=O)O)C(C)C. The molecule has 2 rings (SSSR count). The summed E-state index contributed by atoms with van der Waals surface area (Å²) in [5.41, 5.74) is 0. The number of hydrogen-bond donors (Lipinski definition) is 2. The number of nitrogens with zero attached hydrogens (tertiary/aromatic N) is 1. The topological polar surface area (TPSA) is 69.6 Å². The van der Waals surface area contributed by atoms with Crippen molar-refractivity contribution in [2.24, 2.45) is 17.8 Å². The van der Waals surface area contributed by atoms with Crippen LogP contribution in [0.3, 0.4) is 0 Å². The van der Waals surface area contributed by atoms with Crippen molar-refractivity contribution in [3.8, 4) is 0 Å². The first-order valence-electron chi connectivity index (χ1n) is 7.75. The van der Waals surface area contributed by atoms with Crippen molar-refractivity contribution in [1.29, 1.82) is 0 Å². The Morgan fingerprint density at radius 1 is 1.30 bits per heavy atom. The minimum absolute atomic E-state index is 0.106. The van der Waals surface area contributed by atoms with Crippen molar-refractivity contribution in [3.63, 3.8) is 0 Å². The highest BCUT2D eigenvalue weighted by Gasteiger charge is 2.51. The van der Waals surface area contributed by atoms with Crippen molar-refractivity contribution in [1.82, 2.24) is 10.2 Å². The van der Waals surface area contributed by atoms with E-state index in [0.717, 1.165) is 25.7 Å². The minimum Gasteiger partial charge on any atom is -0.481 e. The number of urea groups is 1. The number of hydrogen-bond acceptors (Lipinski definition) is 2. The number of rotatable bonds is 5. The molecule has 5 heteroatoms. The van der Waals surface area contributed by atoms with Gasteiger partial charge in [0, 0.05) is 18.6 Å². The summed E-state index contributed by atoms with van der Waals surface area (Å²) >= 11 is 0. The Morgan fingerprint density at radius 3 is 2.50 bits per heavy atom. The molecule has 2 N–H and O–H groups in total. The maximum Gasteiger partial charge on any atom is 0.317 e. The average Bonchev–Trinajstić information content (AvgIpc) is 2.95. The molecule has 2 aliphatic rings. The summed E-state index contributed by atoms with van der Waals surface area (Å²) in [5.74, 6) is -0.551. The minimum atomic E-state index is -0.755. The first-order chi connectivity index (χ1) is 9.45. The third kappa shape index (κ3) is 2.76. The van der Waals surface area contributed by atoms with Crippen molar-refractivity contribution in [2.45, 2.75) is 58.5 Å². The number of aliphatic carboxylic acids is 1. The molecule has 2 saturated carbocycles. The predicted molar refractivity (Wildman–Crippen MR) is 76.4 cm³/mol. The summed E-state index contributed by atoms with van der Waals surface area (Å²) in [5, 5.41) is 12.4. The van der Waals surface area contributed by atoms with Gasteiger partial charge in [-0.2, -0.15) is 0 Å². The Bertz CT molecular complexity index is 383. The van der Waals surface area contributed by atoms with Gasteiger partial charge in [0.05, 0.1) is 5.92 Å². The first-order valence-corrected chi connectivity index (χ1v) is 7.75. The molecular weight excluding hydrogens is 256 g/mol. The lowest BCUT2D eigenvalue weighted by molar-refractivity contribution is -0.144. The van der Waals surface area contributed by atoms with Crippen LogP contribution in [0, 0.1) is 17.8 Å². The van der Waals surface area contributed by atoms with E-state index < -0.39 is 11.9 Å². The Hall–Kier alpha value is -1.26. The molecule has 0 heterocycles. The number of fused-ring (bicyclic) bond motifs is 2. The molecule has 2 amide bonds. The van der Waals surface area contributed by atoms with E-state index in [2.05, 4.69) is 5.32 Å². The molecule has 0 aromatic rings. The van der Waals surface area contributed by atoms with Gasteiger partial charge in [-0.25, -0.2) is 4.79 Å². The fourth-order valence-corrected chi connectivity index (χ4v) is 3.92. The lowest BCUT2D eigenvalue weighted by Gasteiger charge is -2.33. The smallest absolute Gasteiger partial charge is 0.317 e. The highest BCUT2D eigenvalue weighted by Crippen LogP contribution is 2.48. The van der Waals surface area contributed by atoms with Gasteiger partial charge in [-0.3, -0.25) is 4.79 Å². The standard InChI is InChI=1S/C15H26N2O3/c1-4-7-17(9(2)3)15(20)16-13-11-6-5-10(8-11)12(13)14(18)19/h9-13H,4-8H2,1-3H3,(H,16,20)(H,18,19). The van der Waals surface area contributed by atoms with E-state index in [1.54, 1.807) is 4.90 Å². The summed E-state index contributed by atoms with van der Waals surface area (Å²) in [7, 11) is 0. The van der Waals surface area contributed by atoms with Crippen LogP contribution in [-0.4, -0.2) is 40.6 Å². The van der Waals surface area contributed by atoms with E-state index in [9.17, 15) is 14.7 Å². The summed E-state index contributed by atoms with van der Waals surface area (Å²) in [6, 6.07) is -0.153. The zero-order valence-corrected chi connectivity index (χ0v) is 12.6. The predicted octanol–water partition coefficient (Wildman–Crippen LogP) is 2.32. The van der Waals surface area contributed by atoms with Gasteiger partial charge in [0.1, 0.15) is 0 Å². The Kier molecular flexibility index (Phi) is 4.55. The quantitative estimate of drug-likeness (QED) is 0.813. The molecule has 2 aliphatic carbocycles. The van der Waals surface area contributed by atoms with Crippen LogP contribution in [0.25, 0.3) is 0 Å². The molecule has 0 radical (unpaired) electrons. The highest BCUT2D eigenvalue weighted by atomic mass is 16.4. The summed E-state index contributed by atoms with van der Waals surface area (Å²) in [4.78, 5) is 25.6. The Labute approximate surface area is 120 Å². The summed E-state index contributed by atoms with van der Waals surface area (Å²) in [6.45, 7) is 6.73. The van der Waals surface area contributed by atoms with E-state index in [1.165, 1.54) is 0 Å². The largest absolute Gasteiger partial charge is 0.481 e. The number of carboxylic acids is 1. The number of carbonyl (C=O) groups excluding carboxylic acids is 1. The van der Waals surface area contributed by atoms with E-state index >= 15 is 0 Å². The summed E-state index contributed by atoms with van der Waals surface area (Å²) in [6.07, 6.45) is 3.91. The highest BCUT2D eigenvalue weighted by molar-refractivity contribution is 5.78. The number of amides is 2. The van der Waals surface area contributed by atoms with E-state index in [-0.39, 0.29) is 24.0 Å². The van der Waals surface area contributed by atoms with Gasteiger partial charge in [0.15, 0.2) is 0 Å². The van der Waals surface area contributed by atoms with Gasteiger partial charge >= 0.3 is 12.0 Å². The van der Waals surface area contributed by atoms with E-state index in [4.69, 9.17) is 0 Å². The molecule has 0 saturated heterocycles. The van der Waals surface area contributed by atoms with Crippen LogP contribution in [0.4, 0.5) is 4.79 Å². The monoisotopic (exact) mass is 282 g/mol. The molecule has 4 atom stereocenters. The molecule has 4 unspecified atom stereocenters. The average molecular weight is 282 g/mol. The van der Waals surface area contributed by atoms with E-state index in [0.29, 0.717) is 12.5 Å². The Morgan fingerprint density at radius 2 is 1.95 bits per heavy atom. The zero-order chi connectivity index (χ0) is 14.9. The Balaban J connectivity index is 2.04. The number of nitrogens with one attached hydrogen (secondary N) is 1. The zero-order valence-electron chi connectivity index (χ0n) is 12.6. The van der Waals surface area contributed by atoms with Crippen molar-refractivity contribution < 1.29 is 14.7 Å². The van der Waals surface area contributed by atoms with Crippen LogP contribution in [0.15, 0.2) is 0 Å². The van der Waals surface area contributed by atoms with Crippen LogP contribution >= 0.6 is 0 Å². The number of carboxylic acid groups (broad SMARTS) is 1. The molecule has 5 nitrogen and oxygen atoms in total. The van der Waals surface area contributed by atoms with Crippen LogP contribution in [0.1, 0.15) is 46.5 Å². The molecule has 0 aromatic heterocycles. The molecule has 0 aliphatic heterocycles. The van der Waals surface area contributed by atoms with Gasteiger partial charge in [0.25, 0.3) is 0 Å². The van der Waals surface area contributed by atoms with Crippen molar-refractivity contribution >= 4 is 12.0 Å². The molecule has 2 bridgehead atoms. The maximum absolute atomic E-state index is 12.4. The fourth-order valence-electron chi connectivity index (χ4n) is 3.92. The molecule has 0 spiro atoms. The summed E-state index contributed by atoms with van der Waals surface area (Å²) < 4.78 is 0. The first kappa shape index (κ1) is 15.1. The van der Waals surface area contributed by atoms with Gasteiger partial charge in [-0.05, 0) is 51.4 Å². The van der Waals surface area contributed by atoms with Crippen LogP contribution in [-0.2, 0) is 4.79 Å². The van der Waals surface area contributed by atoms with Gasteiger partial charge in [-0.15, -0.1) is 0 Å². The molecule has 2 fully saturated rings. The lowest BCUT2D eigenvalue weighted by atomic mass is 9.84. The number of carbonyl (C=O) groups is 2. The van der Waals surface area contributed by atoms with Crippen LogP contribution < -0.4 is 5.32 Å². The van der Waals surface area contributed by atoms with Crippen LogP contribution in [0.2, 0.25) is 0 Å². The van der Waals surface area contributed by atoms with Crippen LogP contribution in [0.5, 0.6) is 0 Å². The normalized spacial score (nSPS) is 31.6. The van der Waals surface area contributed by atoms with Crippen molar-refractivity contribution in [2.75, 3.05) is 6.54 Å². The fraction of sp³-hybridized carbons (Fsp3) is 0.867. The molecular formula is C15H26N2O3. The lowest BCUT2D eigenvalue weighted by Crippen LogP contribution is -2.53. The second kappa shape index (κ2) is 6.02. The van der Waals surface area contributed by atoms with E-state index in [1.807, 2.05) is 20.8 Å². The van der Waals surface area contributed by atoms with Crippen molar-refractivity contribution in [3.05, 3.63) is 0 Å². The molecule has 0 aromatic carbocycles. The third-order valence-electron chi connectivity index (χ3n) is 4.84. The van der Waals surface area contributed by atoms with Gasteiger partial charge < -0.3 is 15.3 Å². The third-order valence-corrected chi connectivity index (χ3v) is 4.84.